The Morgan fingerprint density at radius 3 is 2.43 bits per heavy atom. The third-order valence-corrected chi connectivity index (χ3v) is 4.40. The average molecular weight is 382 g/mol. The number of rotatable bonds is 5. The number of hydrogen-bond donors (Lipinski definition) is 0. The third kappa shape index (κ3) is 4.53. The highest BCUT2D eigenvalue weighted by atomic mass is 16.6. The second-order valence-electron chi connectivity index (χ2n) is 8.06. The molecule has 0 N–H and O–H groups in total. The van der Waals surface area contributed by atoms with E-state index in [1.54, 1.807) is 6.92 Å². The lowest BCUT2D eigenvalue weighted by Gasteiger charge is -2.31. The van der Waals surface area contributed by atoms with Crippen LogP contribution in [0, 0.1) is 5.41 Å². The Morgan fingerprint density at radius 2 is 1.71 bits per heavy atom. The van der Waals surface area contributed by atoms with Crippen LogP contribution in [0.25, 0.3) is 0 Å². The van der Waals surface area contributed by atoms with E-state index in [0.29, 0.717) is 11.5 Å². The Morgan fingerprint density at radius 1 is 1.00 bits per heavy atom. The van der Waals surface area contributed by atoms with Gasteiger partial charge in [0.2, 0.25) is 0 Å². The summed E-state index contributed by atoms with van der Waals surface area (Å²) in [5.41, 5.74) is 2.72. The fraction of sp³-hybridized carbons (Fsp3) is 0.391. The predicted molar refractivity (Wildman–Crippen MR) is 105 cm³/mol. The molecule has 0 spiro atoms. The molecule has 0 saturated carbocycles. The third-order valence-electron chi connectivity index (χ3n) is 4.40. The number of benzene rings is 2. The first-order chi connectivity index (χ1) is 13.3. The van der Waals surface area contributed by atoms with Gasteiger partial charge in [-0.1, -0.05) is 51.1 Å². The molecular weight excluding hydrogens is 356 g/mol. The fourth-order valence-electron chi connectivity index (χ4n) is 3.39. The van der Waals surface area contributed by atoms with Crippen LogP contribution >= 0.6 is 0 Å². The summed E-state index contributed by atoms with van der Waals surface area (Å²) in [5, 5.41) is 0. The van der Waals surface area contributed by atoms with Crippen molar-refractivity contribution in [1.82, 2.24) is 0 Å². The summed E-state index contributed by atoms with van der Waals surface area (Å²) >= 11 is 0. The molecular formula is C23H26O5. The molecule has 3 rings (SSSR count). The maximum atomic E-state index is 12.4. The molecule has 2 aromatic rings. The van der Waals surface area contributed by atoms with Crippen LogP contribution in [0.4, 0.5) is 0 Å². The van der Waals surface area contributed by atoms with Crippen molar-refractivity contribution >= 4 is 11.9 Å². The molecule has 148 valence electrons. The van der Waals surface area contributed by atoms with Gasteiger partial charge in [0, 0.05) is 11.1 Å². The van der Waals surface area contributed by atoms with Gasteiger partial charge in [0.1, 0.15) is 17.9 Å². The Labute approximate surface area is 165 Å². The second kappa shape index (κ2) is 8.05. The van der Waals surface area contributed by atoms with Crippen LogP contribution in [-0.2, 0) is 25.5 Å². The number of carbonyl (C=O) groups excluding carboxylic acids is 2. The molecule has 5 nitrogen and oxygen atoms in total. The van der Waals surface area contributed by atoms with E-state index in [9.17, 15) is 9.59 Å². The molecule has 0 aliphatic carbocycles. The van der Waals surface area contributed by atoms with E-state index in [4.69, 9.17) is 14.2 Å². The molecule has 1 heterocycles. The summed E-state index contributed by atoms with van der Waals surface area (Å²) in [4.78, 5) is 24.1. The van der Waals surface area contributed by atoms with Gasteiger partial charge in [0.25, 0.3) is 0 Å². The zero-order valence-electron chi connectivity index (χ0n) is 16.8. The smallest absolute Gasteiger partial charge is 0.318 e. The lowest BCUT2D eigenvalue weighted by Crippen LogP contribution is -2.22. The molecule has 0 saturated heterocycles. The van der Waals surface area contributed by atoms with E-state index in [1.807, 2.05) is 42.5 Å². The van der Waals surface area contributed by atoms with Crippen LogP contribution in [-0.4, -0.2) is 18.5 Å². The van der Waals surface area contributed by atoms with Crippen molar-refractivity contribution in [3.05, 3.63) is 59.2 Å². The molecule has 0 amide bonds. The van der Waals surface area contributed by atoms with Gasteiger partial charge in [-0.05, 0) is 36.5 Å². The van der Waals surface area contributed by atoms with Crippen LogP contribution in [0.15, 0.2) is 42.5 Å². The molecule has 1 atom stereocenters. The summed E-state index contributed by atoms with van der Waals surface area (Å²) in [6.07, 6.45) is -0.238. The molecule has 1 aliphatic rings. The Bertz CT molecular complexity index is 879. The normalized spacial score (nSPS) is 15.1. The van der Waals surface area contributed by atoms with Crippen molar-refractivity contribution < 1.29 is 23.8 Å². The Balaban J connectivity index is 1.99. The van der Waals surface area contributed by atoms with Crippen LogP contribution < -0.4 is 4.74 Å². The number of para-hydroxylation sites is 1. The summed E-state index contributed by atoms with van der Waals surface area (Å²) in [6.45, 7) is 8.40. The van der Waals surface area contributed by atoms with Crippen molar-refractivity contribution in [1.29, 1.82) is 0 Å². The summed E-state index contributed by atoms with van der Waals surface area (Å²) in [5.74, 6) is 0.124. The first-order valence-electron chi connectivity index (χ1n) is 9.52. The van der Waals surface area contributed by atoms with Gasteiger partial charge in [-0.15, -0.1) is 0 Å². The highest BCUT2D eigenvalue weighted by molar-refractivity contribution is 5.91. The first kappa shape index (κ1) is 19.9. The minimum atomic E-state index is -0.625. The minimum Gasteiger partial charge on any atom is -0.466 e. The van der Waals surface area contributed by atoms with E-state index in [0.717, 1.165) is 23.1 Å². The van der Waals surface area contributed by atoms with Crippen LogP contribution in [0.2, 0.25) is 0 Å². The van der Waals surface area contributed by atoms with Gasteiger partial charge in [-0.3, -0.25) is 9.59 Å². The summed E-state index contributed by atoms with van der Waals surface area (Å²) < 4.78 is 16.7. The standard InChI is InChI=1S/C23H26O5/c1-5-26-19(24)13-20(25)28-22-16-10-6-7-11-17(16)27-18-12-8-9-15(21(18)22)14-23(2,3)4/h6-12,22H,5,13-14H2,1-4H3. The van der Waals surface area contributed by atoms with Gasteiger partial charge in [0.05, 0.1) is 6.61 Å². The van der Waals surface area contributed by atoms with Gasteiger partial charge in [-0.2, -0.15) is 0 Å². The number of hydrogen-bond acceptors (Lipinski definition) is 5. The van der Waals surface area contributed by atoms with Gasteiger partial charge in [-0.25, -0.2) is 0 Å². The number of esters is 2. The predicted octanol–water partition coefficient (Wildman–Crippen LogP) is 4.97. The maximum absolute atomic E-state index is 12.4. The second-order valence-corrected chi connectivity index (χ2v) is 8.06. The monoisotopic (exact) mass is 382 g/mol. The molecule has 0 aromatic heterocycles. The minimum absolute atomic E-state index is 0.0472. The van der Waals surface area contributed by atoms with Gasteiger partial charge >= 0.3 is 11.9 Å². The number of fused-ring (bicyclic) bond motifs is 2. The number of carbonyl (C=O) groups is 2. The van der Waals surface area contributed by atoms with Crippen molar-refractivity contribution in [2.24, 2.45) is 5.41 Å². The van der Waals surface area contributed by atoms with E-state index < -0.39 is 24.5 Å². The number of ether oxygens (including phenoxy) is 3. The fourth-order valence-corrected chi connectivity index (χ4v) is 3.39. The zero-order chi connectivity index (χ0) is 20.3. The topological polar surface area (TPSA) is 61.8 Å². The van der Waals surface area contributed by atoms with E-state index in [2.05, 4.69) is 20.8 Å². The SMILES string of the molecule is CCOC(=O)CC(=O)OC1c2ccccc2Oc2cccc(CC(C)(C)C)c21. The zero-order valence-corrected chi connectivity index (χ0v) is 16.8. The molecule has 0 fully saturated rings. The molecule has 0 bridgehead atoms. The molecule has 2 aromatic carbocycles. The molecule has 5 heteroatoms. The van der Waals surface area contributed by atoms with Crippen molar-refractivity contribution in [3.63, 3.8) is 0 Å². The Kier molecular flexibility index (Phi) is 5.73. The average Bonchev–Trinajstić information content (AvgIpc) is 2.60. The highest BCUT2D eigenvalue weighted by Crippen LogP contribution is 2.47. The molecule has 28 heavy (non-hydrogen) atoms. The lowest BCUT2D eigenvalue weighted by atomic mass is 9.83. The van der Waals surface area contributed by atoms with Crippen molar-refractivity contribution in [3.8, 4) is 11.5 Å². The molecule has 1 aliphatic heterocycles. The van der Waals surface area contributed by atoms with Crippen molar-refractivity contribution in [2.45, 2.75) is 46.6 Å². The van der Waals surface area contributed by atoms with E-state index in [-0.39, 0.29) is 12.0 Å². The van der Waals surface area contributed by atoms with Crippen LogP contribution in [0.5, 0.6) is 11.5 Å². The van der Waals surface area contributed by atoms with Gasteiger partial charge < -0.3 is 14.2 Å². The summed E-state index contributed by atoms with van der Waals surface area (Å²) in [7, 11) is 0. The van der Waals surface area contributed by atoms with E-state index in [1.165, 1.54) is 0 Å². The van der Waals surface area contributed by atoms with E-state index >= 15 is 0 Å². The summed E-state index contributed by atoms with van der Waals surface area (Å²) in [6, 6.07) is 13.4. The van der Waals surface area contributed by atoms with Crippen molar-refractivity contribution in [2.75, 3.05) is 6.61 Å². The quantitative estimate of drug-likeness (QED) is 0.540. The molecule has 1 unspecified atom stereocenters. The van der Waals surface area contributed by atoms with Gasteiger partial charge in [0.15, 0.2) is 6.10 Å². The maximum Gasteiger partial charge on any atom is 0.318 e. The van der Waals surface area contributed by atoms with Crippen LogP contribution in [0.3, 0.4) is 0 Å². The highest BCUT2D eigenvalue weighted by Gasteiger charge is 2.33. The Hall–Kier alpha value is -2.82. The van der Waals surface area contributed by atoms with Crippen LogP contribution in [0.1, 0.15) is 56.9 Å². The molecule has 0 radical (unpaired) electrons. The lowest BCUT2D eigenvalue weighted by molar-refractivity contribution is -0.156. The largest absolute Gasteiger partial charge is 0.466 e. The first-order valence-corrected chi connectivity index (χ1v) is 9.52.